The number of hydrogen-bond acceptors (Lipinski definition) is 0. The van der Waals surface area contributed by atoms with E-state index >= 15 is 0 Å². The van der Waals surface area contributed by atoms with E-state index < -0.39 is 0 Å². The molecule has 2 aliphatic carbocycles. The quantitative estimate of drug-likeness (QED) is 0.162. The highest BCUT2D eigenvalue weighted by Crippen LogP contribution is 2.41. The van der Waals surface area contributed by atoms with E-state index in [0.29, 0.717) is 11.8 Å². The molecule has 2 atom stereocenters. The standard InChI is InChI=1S/C54H36/c1-3-14-47-44(10-1)33-53(51-18-7-5-16-49(47)51)43-13-9-12-35(31-43)36-20-21-38-29-39(23-22-37(38)28-36)40-24-25-42-32-46(27-26-41(42)30-40)54-34-45-11-2-4-15-48(45)50-17-6-8-19-52(50)54/h1-34,41-42H. The third kappa shape index (κ3) is 5.14. The van der Waals surface area contributed by atoms with Gasteiger partial charge in [-0.05, 0) is 129 Å². The Balaban J connectivity index is 0.884. The molecule has 0 saturated carbocycles. The molecule has 0 spiro atoms. The Morgan fingerprint density at radius 2 is 0.759 bits per heavy atom. The average Bonchev–Trinajstić information content (AvgIpc) is 3.25. The lowest BCUT2D eigenvalue weighted by Crippen LogP contribution is -2.13. The fourth-order valence-electron chi connectivity index (χ4n) is 8.97. The summed E-state index contributed by atoms with van der Waals surface area (Å²) >= 11 is 0. The minimum absolute atomic E-state index is 0.338. The van der Waals surface area contributed by atoms with Crippen LogP contribution in [0.25, 0.3) is 87.3 Å². The van der Waals surface area contributed by atoms with Crippen LogP contribution >= 0.6 is 0 Å². The van der Waals surface area contributed by atoms with Gasteiger partial charge in [-0.15, -0.1) is 0 Å². The summed E-state index contributed by atoms with van der Waals surface area (Å²) in [6.07, 6.45) is 14.4. The third-order valence-corrected chi connectivity index (χ3v) is 11.7. The maximum absolute atomic E-state index is 2.46. The lowest BCUT2D eigenvalue weighted by atomic mass is 9.78. The summed E-state index contributed by atoms with van der Waals surface area (Å²) in [5.41, 5.74) is 10.1. The van der Waals surface area contributed by atoms with Crippen LogP contribution in [0.2, 0.25) is 0 Å². The van der Waals surface area contributed by atoms with Gasteiger partial charge in [0.05, 0.1) is 0 Å². The van der Waals surface area contributed by atoms with Crippen LogP contribution in [0, 0.1) is 11.8 Å². The van der Waals surface area contributed by atoms with Gasteiger partial charge in [-0.25, -0.2) is 0 Å². The second-order valence-corrected chi connectivity index (χ2v) is 14.9. The van der Waals surface area contributed by atoms with E-state index in [9.17, 15) is 0 Å². The first-order valence-corrected chi connectivity index (χ1v) is 19.0. The maximum atomic E-state index is 2.46. The number of benzene rings is 9. The Bertz CT molecular complexity index is 3110. The molecule has 11 rings (SSSR count). The summed E-state index contributed by atoms with van der Waals surface area (Å²) in [6.45, 7) is 0. The Kier molecular flexibility index (Phi) is 7.10. The molecule has 0 radical (unpaired) electrons. The zero-order chi connectivity index (χ0) is 35.6. The van der Waals surface area contributed by atoms with Gasteiger partial charge in [-0.2, -0.15) is 0 Å². The van der Waals surface area contributed by atoms with Gasteiger partial charge in [-0.3, -0.25) is 0 Å². The molecule has 0 N–H and O–H groups in total. The molecule has 0 nitrogen and oxygen atoms in total. The zero-order valence-electron chi connectivity index (χ0n) is 29.8. The van der Waals surface area contributed by atoms with Gasteiger partial charge in [0.25, 0.3) is 0 Å². The van der Waals surface area contributed by atoms with Crippen molar-refractivity contribution in [3.63, 3.8) is 0 Å². The molecule has 2 aliphatic rings. The lowest BCUT2D eigenvalue weighted by molar-refractivity contribution is 0.665. The summed E-state index contributed by atoms with van der Waals surface area (Å²) in [5.74, 6) is 0.677. The summed E-state index contributed by atoms with van der Waals surface area (Å²) < 4.78 is 0. The van der Waals surface area contributed by atoms with Crippen molar-refractivity contribution in [2.75, 3.05) is 0 Å². The monoisotopic (exact) mass is 684 g/mol. The molecule has 0 saturated heterocycles. The molecule has 0 aromatic heterocycles. The molecule has 252 valence electrons. The van der Waals surface area contributed by atoms with Crippen molar-refractivity contribution in [3.05, 3.63) is 217 Å². The molecule has 0 aliphatic heterocycles. The predicted molar refractivity (Wildman–Crippen MR) is 232 cm³/mol. The molecular weight excluding hydrogens is 649 g/mol. The zero-order valence-corrected chi connectivity index (χ0v) is 29.8. The van der Waals surface area contributed by atoms with Crippen molar-refractivity contribution in [1.82, 2.24) is 0 Å². The van der Waals surface area contributed by atoms with Gasteiger partial charge in [0, 0.05) is 11.8 Å². The minimum Gasteiger partial charge on any atom is -0.0761 e. The van der Waals surface area contributed by atoms with Crippen molar-refractivity contribution in [2.45, 2.75) is 0 Å². The van der Waals surface area contributed by atoms with Crippen molar-refractivity contribution < 1.29 is 0 Å². The first kappa shape index (κ1) is 30.8. The second kappa shape index (κ2) is 12.4. The molecular formula is C54H36. The second-order valence-electron chi connectivity index (χ2n) is 14.9. The van der Waals surface area contributed by atoms with Gasteiger partial charge in [0.2, 0.25) is 0 Å². The van der Waals surface area contributed by atoms with Gasteiger partial charge in [0.15, 0.2) is 0 Å². The number of allylic oxidation sites excluding steroid dienone is 8. The van der Waals surface area contributed by atoms with E-state index in [2.05, 4.69) is 206 Å². The highest BCUT2D eigenvalue weighted by atomic mass is 14.3. The van der Waals surface area contributed by atoms with Crippen LogP contribution in [-0.2, 0) is 0 Å². The largest absolute Gasteiger partial charge is 0.0761 e. The summed E-state index contributed by atoms with van der Waals surface area (Å²) in [6, 6.07) is 62.6. The number of fused-ring (bicyclic) bond motifs is 8. The summed E-state index contributed by atoms with van der Waals surface area (Å²) in [4.78, 5) is 0. The fourth-order valence-corrected chi connectivity index (χ4v) is 8.97. The van der Waals surface area contributed by atoms with Gasteiger partial charge < -0.3 is 0 Å². The van der Waals surface area contributed by atoms with Crippen LogP contribution in [0.3, 0.4) is 0 Å². The molecule has 54 heavy (non-hydrogen) atoms. The van der Waals surface area contributed by atoms with Gasteiger partial charge in [0.1, 0.15) is 0 Å². The summed E-state index contributed by atoms with van der Waals surface area (Å²) in [5, 5.41) is 12.9. The van der Waals surface area contributed by atoms with E-state index in [1.807, 2.05) is 0 Å². The molecule has 0 bridgehead atoms. The van der Waals surface area contributed by atoms with E-state index in [4.69, 9.17) is 0 Å². The van der Waals surface area contributed by atoms with E-state index in [1.54, 1.807) is 0 Å². The SMILES string of the molecule is C1=CC2C=C(c3cc4ccccc4c4ccccc34)C=CC2C=C1c1ccc2cc(-c3cccc(-c4cc5ccccc5c5ccccc45)c3)ccc2c1. The van der Waals surface area contributed by atoms with Crippen LogP contribution in [-0.4, -0.2) is 0 Å². The van der Waals surface area contributed by atoms with Crippen LogP contribution in [0.1, 0.15) is 11.1 Å². The molecule has 9 aromatic carbocycles. The lowest BCUT2D eigenvalue weighted by Gasteiger charge is -2.26. The van der Waals surface area contributed by atoms with E-state index in [-0.39, 0.29) is 0 Å². The molecule has 0 fully saturated rings. The van der Waals surface area contributed by atoms with Gasteiger partial charge in [-0.1, -0.05) is 176 Å². The summed E-state index contributed by atoms with van der Waals surface area (Å²) in [7, 11) is 0. The minimum atomic E-state index is 0.338. The predicted octanol–water partition coefficient (Wildman–Crippen LogP) is 14.6. The highest BCUT2D eigenvalue weighted by Gasteiger charge is 2.22. The van der Waals surface area contributed by atoms with Crippen LogP contribution < -0.4 is 0 Å². The van der Waals surface area contributed by atoms with Crippen molar-refractivity contribution in [3.8, 4) is 22.3 Å². The van der Waals surface area contributed by atoms with Crippen molar-refractivity contribution in [1.29, 1.82) is 0 Å². The normalized spacial score (nSPS) is 16.6. The Morgan fingerprint density at radius 1 is 0.278 bits per heavy atom. The topological polar surface area (TPSA) is 0 Å². The van der Waals surface area contributed by atoms with Crippen molar-refractivity contribution >= 4 is 65.0 Å². The Morgan fingerprint density at radius 3 is 1.44 bits per heavy atom. The molecule has 2 unspecified atom stereocenters. The van der Waals surface area contributed by atoms with Crippen LogP contribution in [0.5, 0.6) is 0 Å². The number of rotatable bonds is 4. The van der Waals surface area contributed by atoms with E-state index in [0.717, 1.165) is 0 Å². The Labute approximate surface area is 315 Å². The molecule has 9 aromatic rings. The van der Waals surface area contributed by atoms with Crippen LogP contribution in [0.4, 0.5) is 0 Å². The van der Waals surface area contributed by atoms with Gasteiger partial charge >= 0.3 is 0 Å². The smallest absolute Gasteiger partial charge is 0.00571 e. The molecule has 0 heteroatoms. The number of hydrogen-bond donors (Lipinski definition) is 0. The average molecular weight is 685 g/mol. The van der Waals surface area contributed by atoms with Crippen LogP contribution in [0.15, 0.2) is 206 Å². The Hall–Kier alpha value is -6.76. The van der Waals surface area contributed by atoms with Crippen molar-refractivity contribution in [2.24, 2.45) is 11.8 Å². The third-order valence-electron chi connectivity index (χ3n) is 11.7. The first-order chi connectivity index (χ1) is 26.7. The first-order valence-electron chi connectivity index (χ1n) is 19.0. The molecule has 0 amide bonds. The maximum Gasteiger partial charge on any atom is 0.00571 e. The van der Waals surface area contributed by atoms with E-state index in [1.165, 1.54) is 98.4 Å². The molecule has 0 heterocycles. The highest BCUT2D eigenvalue weighted by molar-refractivity contribution is 6.14. The fraction of sp³-hybridized carbons (Fsp3) is 0.0370.